The highest BCUT2D eigenvalue weighted by molar-refractivity contribution is 5.40. The number of H-pyrrole nitrogens is 1. The Labute approximate surface area is 83.3 Å². The lowest BCUT2D eigenvalue weighted by Gasteiger charge is -2.09. The van der Waals surface area contributed by atoms with Gasteiger partial charge in [-0.3, -0.25) is 4.79 Å². The van der Waals surface area contributed by atoms with Crippen LogP contribution in [-0.4, -0.2) is 4.98 Å². The lowest BCUT2D eigenvalue weighted by atomic mass is 10.0. The van der Waals surface area contributed by atoms with Gasteiger partial charge in [0.25, 0.3) is 5.56 Å². The molecule has 0 atom stereocenters. The van der Waals surface area contributed by atoms with Crippen molar-refractivity contribution in [3.8, 4) is 0 Å². The van der Waals surface area contributed by atoms with Gasteiger partial charge in [-0.05, 0) is 36.8 Å². The maximum atomic E-state index is 11.7. The molecule has 0 spiro atoms. The molecule has 3 N–H and O–H groups in total. The van der Waals surface area contributed by atoms with E-state index in [2.05, 4.69) is 11.9 Å². The number of hydrogen-bond acceptors (Lipinski definition) is 2. The summed E-state index contributed by atoms with van der Waals surface area (Å²) in [4.78, 5) is 14.6. The van der Waals surface area contributed by atoms with Gasteiger partial charge in [-0.1, -0.05) is 6.92 Å². The molecule has 0 aromatic carbocycles. The second-order valence-corrected chi connectivity index (χ2v) is 3.78. The van der Waals surface area contributed by atoms with Gasteiger partial charge >= 0.3 is 0 Å². The van der Waals surface area contributed by atoms with Gasteiger partial charge in [-0.2, -0.15) is 0 Å². The van der Waals surface area contributed by atoms with Crippen LogP contribution >= 0.6 is 0 Å². The Kier molecular flexibility index (Phi) is 2.42. The average molecular weight is 192 g/mol. The predicted molar refractivity (Wildman–Crippen MR) is 56.4 cm³/mol. The lowest BCUT2D eigenvalue weighted by molar-refractivity contribution is 0.897. The van der Waals surface area contributed by atoms with E-state index >= 15 is 0 Å². The molecule has 0 bridgehead atoms. The zero-order chi connectivity index (χ0) is 10.1. The van der Waals surface area contributed by atoms with E-state index < -0.39 is 0 Å². The molecule has 3 heteroatoms. The third-order valence-electron chi connectivity index (χ3n) is 3.04. The number of rotatable bonds is 2. The molecule has 1 aliphatic carbocycles. The molecule has 0 aliphatic heterocycles. The Balaban J connectivity index is 2.68. The van der Waals surface area contributed by atoms with Gasteiger partial charge in [0, 0.05) is 17.8 Å². The summed E-state index contributed by atoms with van der Waals surface area (Å²) in [5, 5.41) is 0. The first-order valence-electron chi connectivity index (χ1n) is 5.23. The van der Waals surface area contributed by atoms with Crippen molar-refractivity contribution < 1.29 is 0 Å². The fourth-order valence-electron chi connectivity index (χ4n) is 2.35. The highest BCUT2D eigenvalue weighted by Crippen LogP contribution is 2.25. The maximum absolute atomic E-state index is 11.7. The molecule has 0 amide bonds. The third kappa shape index (κ3) is 1.28. The van der Waals surface area contributed by atoms with Gasteiger partial charge in [0.15, 0.2) is 0 Å². The van der Waals surface area contributed by atoms with Gasteiger partial charge < -0.3 is 10.7 Å². The molecule has 1 heterocycles. The van der Waals surface area contributed by atoms with Crippen molar-refractivity contribution in [2.75, 3.05) is 0 Å². The molecular weight excluding hydrogens is 176 g/mol. The average Bonchev–Trinajstić information content (AvgIpc) is 2.65. The number of fused-ring (bicyclic) bond motifs is 1. The quantitative estimate of drug-likeness (QED) is 0.731. The second kappa shape index (κ2) is 3.58. The number of hydrogen-bond donors (Lipinski definition) is 2. The Bertz CT molecular complexity index is 406. The Morgan fingerprint density at radius 3 is 2.71 bits per heavy atom. The van der Waals surface area contributed by atoms with Crippen LogP contribution in [-0.2, 0) is 25.8 Å². The minimum atomic E-state index is 0.0185. The summed E-state index contributed by atoms with van der Waals surface area (Å²) in [5.41, 5.74) is 10.1. The third-order valence-corrected chi connectivity index (χ3v) is 3.04. The van der Waals surface area contributed by atoms with Gasteiger partial charge in [0.1, 0.15) is 0 Å². The fraction of sp³-hybridized carbons (Fsp3) is 0.545. The van der Waals surface area contributed by atoms with Crippen molar-refractivity contribution >= 4 is 0 Å². The van der Waals surface area contributed by atoms with Crippen LogP contribution in [0.2, 0.25) is 0 Å². The van der Waals surface area contributed by atoms with Crippen LogP contribution < -0.4 is 11.3 Å². The zero-order valence-electron chi connectivity index (χ0n) is 8.52. The Morgan fingerprint density at radius 2 is 2.07 bits per heavy atom. The minimum absolute atomic E-state index is 0.0185. The van der Waals surface area contributed by atoms with Crippen LogP contribution in [0.3, 0.4) is 0 Å². The van der Waals surface area contributed by atoms with Crippen molar-refractivity contribution in [3.05, 3.63) is 32.7 Å². The van der Waals surface area contributed by atoms with Crippen LogP contribution in [0.4, 0.5) is 0 Å². The van der Waals surface area contributed by atoms with Crippen molar-refractivity contribution in [1.29, 1.82) is 0 Å². The SMILES string of the molecule is CCc1[nH]c(=O)c(CN)c2c1CCC2. The molecule has 76 valence electrons. The van der Waals surface area contributed by atoms with Crippen LogP contribution in [0.1, 0.15) is 35.7 Å². The maximum Gasteiger partial charge on any atom is 0.252 e. The van der Waals surface area contributed by atoms with Crippen molar-refractivity contribution in [3.63, 3.8) is 0 Å². The van der Waals surface area contributed by atoms with Gasteiger partial charge in [-0.25, -0.2) is 0 Å². The summed E-state index contributed by atoms with van der Waals surface area (Å²) in [6, 6.07) is 0. The number of aromatic amines is 1. The van der Waals surface area contributed by atoms with Crippen LogP contribution in [0.25, 0.3) is 0 Å². The van der Waals surface area contributed by atoms with E-state index in [0.29, 0.717) is 6.54 Å². The fourth-order valence-corrected chi connectivity index (χ4v) is 2.35. The molecule has 1 aliphatic rings. The Morgan fingerprint density at radius 1 is 1.36 bits per heavy atom. The van der Waals surface area contributed by atoms with Crippen molar-refractivity contribution in [1.82, 2.24) is 4.98 Å². The molecule has 0 unspecified atom stereocenters. The summed E-state index contributed by atoms with van der Waals surface area (Å²) in [6.45, 7) is 2.44. The summed E-state index contributed by atoms with van der Waals surface area (Å²) in [6.07, 6.45) is 4.19. The molecule has 0 fully saturated rings. The monoisotopic (exact) mass is 192 g/mol. The molecule has 14 heavy (non-hydrogen) atoms. The van der Waals surface area contributed by atoms with E-state index in [9.17, 15) is 4.79 Å². The van der Waals surface area contributed by atoms with E-state index in [0.717, 1.165) is 36.9 Å². The summed E-state index contributed by atoms with van der Waals surface area (Å²) < 4.78 is 0. The number of nitrogens with two attached hydrogens (primary N) is 1. The zero-order valence-corrected chi connectivity index (χ0v) is 8.52. The largest absolute Gasteiger partial charge is 0.326 e. The number of nitrogens with one attached hydrogen (secondary N) is 1. The topological polar surface area (TPSA) is 58.9 Å². The van der Waals surface area contributed by atoms with Gasteiger partial charge in [-0.15, -0.1) is 0 Å². The van der Waals surface area contributed by atoms with Crippen LogP contribution in [0.5, 0.6) is 0 Å². The van der Waals surface area contributed by atoms with E-state index in [4.69, 9.17) is 5.73 Å². The smallest absolute Gasteiger partial charge is 0.252 e. The highest BCUT2D eigenvalue weighted by Gasteiger charge is 2.19. The van der Waals surface area contributed by atoms with Crippen LogP contribution in [0, 0.1) is 0 Å². The predicted octanol–water partition coefficient (Wildman–Crippen LogP) is 0.885. The number of aryl methyl sites for hydroxylation is 1. The molecule has 0 saturated heterocycles. The summed E-state index contributed by atoms with van der Waals surface area (Å²) in [7, 11) is 0. The molecule has 3 nitrogen and oxygen atoms in total. The first-order valence-corrected chi connectivity index (χ1v) is 5.23. The van der Waals surface area contributed by atoms with Gasteiger partial charge in [0.05, 0.1) is 0 Å². The number of aromatic nitrogens is 1. The molecule has 1 aromatic rings. The van der Waals surface area contributed by atoms with Crippen molar-refractivity contribution in [2.24, 2.45) is 5.73 Å². The molecule has 1 aromatic heterocycles. The van der Waals surface area contributed by atoms with Crippen molar-refractivity contribution in [2.45, 2.75) is 39.2 Å². The summed E-state index contributed by atoms with van der Waals surface area (Å²) in [5.74, 6) is 0. The first kappa shape index (κ1) is 9.46. The molecule has 2 rings (SSSR count). The molecule has 0 radical (unpaired) electrons. The Hall–Kier alpha value is -1.09. The second-order valence-electron chi connectivity index (χ2n) is 3.78. The molecule has 0 saturated carbocycles. The van der Waals surface area contributed by atoms with Gasteiger partial charge in [0.2, 0.25) is 0 Å². The van der Waals surface area contributed by atoms with Crippen LogP contribution in [0.15, 0.2) is 4.79 Å². The van der Waals surface area contributed by atoms with E-state index in [-0.39, 0.29) is 5.56 Å². The highest BCUT2D eigenvalue weighted by atomic mass is 16.1. The molecular formula is C11H16N2O. The first-order chi connectivity index (χ1) is 6.77. The van der Waals surface area contributed by atoms with E-state index in [1.807, 2.05) is 0 Å². The minimum Gasteiger partial charge on any atom is -0.326 e. The summed E-state index contributed by atoms with van der Waals surface area (Å²) >= 11 is 0. The van der Waals surface area contributed by atoms with E-state index in [1.165, 1.54) is 11.1 Å². The normalized spacial score (nSPS) is 14.4. The standard InChI is InChI=1S/C11H16N2O/c1-2-10-8-5-3-4-7(8)9(6-12)11(14)13-10/h2-6,12H2,1H3,(H,13,14). The lowest BCUT2D eigenvalue weighted by Crippen LogP contribution is -2.21. The number of pyridine rings is 1. The van der Waals surface area contributed by atoms with E-state index in [1.54, 1.807) is 0 Å².